The lowest BCUT2D eigenvalue weighted by Gasteiger charge is -2.08. The fourth-order valence-corrected chi connectivity index (χ4v) is 1.79. The number of unbranched alkanes of at least 4 members (excludes halogenated alkanes) is 7. The van der Waals surface area contributed by atoms with Crippen LogP contribution in [-0.4, -0.2) is 6.10 Å². The molecule has 1 atom stereocenters. The number of rotatable bonds is 12. The second kappa shape index (κ2) is 15.1. The highest BCUT2D eigenvalue weighted by molar-refractivity contribution is 4.77. The van der Waals surface area contributed by atoms with E-state index in [1.165, 1.54) is 44.9 Å². The van der Waals surface area contributed by atoms with Gasteiger partial charge in [-0.05, 0) is 13.3 Å². The molecule has 0 aliphatic rings. The summed E-state index contributed by atoms with van der Waals surface area (Å²) in [6.45, 7) is 4.21. The predicted molar refractivity (Wildman–Crippen MR) is 75.0 cm³/mol. The zero-order chi connectivity index (χ0) is 14.2. The molecule has 0 rings (SSSR count). The molecule has 0 radical (unpaired) electrons. The fourth-order valence-electron chi connectivity index (χ4n) is 1.79. The number of hydrazine groups is 1. The Bertz CT molecular complexity index is 239. The third kappa shape index (κ3) is 15.0. The molecule has 0 aromatic rings. The summed E-state index contributed by atoms with van der Waals surface area (Å²) in [5.41, 5.74) is 1.91. The van der Waals surface area contributed by atoms with Crippen molar-refractivity contribution in [3.8, 4) is 12.2 Å². The minimum absolute atomic E-state index is 0.0419. The van der Waals surface area contributed by atoms with E-state index in [0.29, 0.717) is 0 Å². The van der Waals surface area contributed by atoms with Crippen LogP contribution in [0.25, 0.3) is 0 Å². The summed E-state index contributed by atoms with van der Waals surface area (Å²) in [6, 6.07) is 0. The SMILES string of the molecule is CCCCCCCCCCC(C)OOC#CONN. The number of hydrogen-bond donors (Lipinski definition) is 2. The quantitative estimate of drug-likeness (QED) is 0.188. The Morgan fingerprint density at radius 2 is 1.63 bits per heavy atom. The first kappa shape index (κ1) is 18.0. The van der Waals surface area contributed by atoms with Crippen LogP contribution in [0.4, 0.5) is 0 Å². The molecule has 1 unspecified atom stereocenters. The standard InChI is InChI=1S/C14H28N2O3/c1-3-4-5-6-7-8-9-10-11-14(2)19-18-13-12-17-16-15/h14,16H,3-11,15H2,1-2H3. The van der Waals surface area contributed by atoms with E-state index >= 15 is 0 Å². The van der Waals surface area contributed by atoms with Gasteiger partial charge in [0.25, 0.3) is 0 Å². The number of nitrogens with two attached hydrogens (primary N) is 1. The van der Waals surface area contributed by atoms with Crippen molar-refractivity contribution in [2.24, 2.45) is 5.84 Å². The van der Waals surface area contributed by atoms with E-state index in [0.717, 1.165) is 12.8 Å². The maximum absolute atomic E-state index is 5.03. The summed E-state index contributed by atoms with van der Waals surface area (Å²) in [7, 11) is 0. The lowest BCUT2D eigenvalue weighted by Crippen LogP contribution is -2.19. The Labute approximate surface area is 117 Å². The van der Waals surface area contributed by atoms with Gasteiger partial charge in [-0.3, -0.25) is 4.89 Å². The average molecular weight is 272 g/mol. The van der Waals surface area contributed by atoms with Gasteiger partial charge in [0.05, 0.1) is 0 Å². The predicted octanol–water partition coefficient (Wildman–Crippen LogP) is 3.17. The van der Waals surface area contributed by atoms with Crippen LogP contribution >= 0.6 is 0 Å². The van der Waals surface area contributed by atoms with E-state index < -0.39 is 0 Å². The molecule has 0 saturated carbocycles. The molecule has 0 aromatic carbocycles. The van der Waals surface area contributed by atoms with Gasteiger partial charge >= 0.3 is 0 Å². The Morgan fingerprint density at radius 1 is 1.00 bits per heavy atom. The third-order valence-electron chi connectivity index (χ3n) is 2.87. The van der Waals surface area contributed by atoms with E-state index in [1.807, 2.05) is 12.5 Å². The van der Waals surface area contributed by atoms with Crippen LogP contribution in [0.1, 0.15) is 71.6 Å². The summed E-state index contributed by atoms with van der Waals surface area (Å²) < 4.78 is 0. The molecule has 0 amide bonds. The molecule has 3 N–H and O–H groups in total. The van der Waals surface area contributed by atoms with E-state index in [1.54, 1.807) is 0 Å². The molecular formula is C14H28N2O3. The van der Waals surface area contributed by atoms with Crippen LogP contribution in [-0.2, 0) is 14.6 Å². The van der Waals surface area contributed by atoms with Gasteiger partial charge in [-0.2, -0.15) is 4.89 Å². The van der Waals surface area contributed by atoms with Crippen molar-refractivity contribution in [3.63, 3.8) is 0 Å². The second-order valence-electron chi connectivity index (χ2n) is 4.68. The van der Waals surface area contributed by atoms with Gasteiger partial charge < -0.3 is 4.84 Å². The molecule has 112 valence electrons. The lowest BCUT2D eigenvalue weighted by atomic mass is 10.1. The molecular weight excluding hydrogens is 244 g/mol. The van der Waals surface area contributed by atoms with Crippen LogP contribution in [0, 0.1) is 12.2 Å². The van der Waals surface area contributed by atoms with Gasteiger partial charge in [-0.15, -0.1) is 0 Å². The van der Waals surface area contributed by atoms with Crippen molar-refractivity contribution in [2.45, 2.75) is 77.7 Å². The summed E-state index contributed by atoms with van der Waals surface area (Å²) >= 11 is 0. The Kier molecular flexibility index (Phi) is 14.3. The summed E-state index contributed by atoms with van der Waals surface area (Å²) in [5, 5.41) is 0. The van der Waals surface area contributed by atoms with Crippen LogP contribution in [0.2, 0.25) is 0 Å². The molecule has 0 aliphatic carbocycles. The highest BCUT2D eigenvalue weighted by Gasteiger charge is 2.02. The first-order chi connectivity index (χ1) is 9.31. The highest BCUT2D eigenvalue weighted by Crippen LogP contribution is 2.11. The molecule has 5 nitrogen and oxygen atoms in total. The Balaban J connectivity index is 3.20. The first-order valence-corrected chi connectivity index (χ1v) is 7.25. The fraction of sp³-hybridized carbons (Fsp3) is 0.857. The topological polar surface area (TPSA) is 65.7 Å². The van der Waals surface area contributed by atoms with Crippen LogP contribution in [0.5, 0.6) is 0 Å². The summed E-state index contributed by atoms with van der Waals surface area (Å²) in [5.74, 6) is 4.83. The van der Waals surface area contributed by atoms with E-state index in [4.69, 9.17) is 10.7 Å². The smallest absolute Gasteiger partial charge is 0.203 e. The lowest BCUT2D eigenvalue weighted by molar-refractivity contribution is -0.269. The van der Waals surface area contributed by atoms with Crippen molar-refractivity contribution in [1.29, 1.82) is 0 Å². The maximum atomic E-state index is 5.03. The first-order valence-electron chi connectivity index (χ1n) is 7.25. The van der Waals surface area contributed by atoms with E-state index in [9.17, 15) is 0 Å². The van der Waals surface area contributed by atoms with Crippen molar-refractivity contribution < 1.29 is 14.6 Å². The Hall–Kier alpha value is -0.960. The van der Waals surface area contributed by atoms with E-state index in [2.05, 4.69) is 28.9 Å². The van der Waals surface area contributed by atoms with Gasteiger partial charge in [-0.1, -0.05) is 63.9 Å². The Morgan fingerprint density at radius 3 is 2.26 bits per heavy atom. The zero-order valence-corrected chi connectivity index (χ0v) is 12.2. The molecule has 0 heterocycles. The van der Waals surface area contributed by atoms with Crippen LogP contribution < -0.4 is 11.4 Å². The normalized spacial score (nSPS) is 11.5. The second-order valence-corrected chi connectivity index (χ2v) is 4.68. The molecule has 0 spiro atoms. The molecule has 0 saturated heterocycles. The van der Waals surface area contributed by atoms with E-state index in [-0.39, 0.29) is 6.10 Å². The van der Waals surface area contributed by atoms with Crippen LogP contribution in [0.3, 0.4) is 0 Å². The molecule has 0 bridgehead atoms. The van der Waals surface area contributed by atoms with Gasteiger partial charge in [0.15, 0.2) is 6.11 Å². The van der Waals surface area contributed by atoms with Gasteiger partial charge in [0, 0.05) is 0 Å². The third-order valence-corrected chi connectivity index (χ3v) is 2.87. The molecule has 0 aliphatic heterocycles. The van der Waals surface area contributed by atoms with Crippen molar-refractivity contribution in [1.82, 2.24) is 5.59 Å². The highest BCUT2D eigenvalue weighted by atomic mass is 17.2. The average Bonchev–Trinajstić information content (AvgIpc) is 2.41. The molecule has 0 fully saturated rings. The summed E-state index contributed by atoms with van der Waals surface area (Å²) in [6.07, 6.45) is 15.9. The molecule has 19 heavy (non-hydrogen) atoms. The van der Waals surface area contributed by atoms with Crippen molar-refractivity contribution >= 4 is 0 Å². The molecule has 0 aromatic heterocycles. The van der Waals surface area contributed by atoms with Gasteiger partial charge in [0.2, 0.25) is 6.11 Å². The zero-order valence-electron chi connectivity index (χ0n) is 12.2. The monoisotopic (exact) mass is 272 g/mol. The number of hydrogen-bond acceptors (Lipinski definition) is 5. The maximum Gasteiger partial charge on any atom is 0.203 e. The minimum atomic E-state index is 0.0419. The summed E-state index contributed by atoms with van der Waals surface area (Å²) in [4.78, 5) is 14.0. The van der Waals surface area contributed by atoms with Crippen molar-refractivity contribution in [3.05, 3.63) is 0 Å². The molecule has 5 heteroatoms. The largest absolute Gasteiger partial charge is 0.338 e. The van der Waals surface area contributed by atoms with Crippen molar-refractivity contribution in [2.75, 3.05) is 0 Å². The minimum Gasteiger partial charge on any atom is -0.338 e. The van der Waals surface area contributed by atoms with Gasteiger partial charge in [-0.25, -0.2) is 5.84 Å². The number of nitrogens with one attached hydrogen (secondary N) is 1. The van der Waals surface area contributed by atoms with Gasteiger partial charge in [0.1, 0.15) is 6.10 Å². The van der Waals surface area contributed by atoms with Crippen LogP contribution in [0.15, 0.2) is 0 Å².